The Kier molecular flexibility index (Phi) is 5.19. The van der Waals surface area contributed by atoms with Gasteiger partial charge in [0, 0.05) is 24.1 Å². The van der Waals surface area contributed by atoms with E-state index in [1.54, 1.807) is 6.07 Å². The number of carbonyl (C=O) groups is 1. The molecule has 1 atom stereocenters. The summed E-state index contributed by atoms with van der Waals surface area (Å²) in [6, 6.07) is 13.0. The van der Waals surface area contributed by atoms with Crippen molar-refractivity contribution in [1.29, 1.82) is 0 Å². The molecule has 1 aliphatic rings. The zero-order valence-corrected chi connectivity index (χ0v) is 15.1. The first-order valence-electron chi connectivity index (χ1n) is 8.82. The van der Waals surface area contributed by atoms with Crippen molar-refractivity contribution in [1.82, 2.24) is 4.90 Å². The average molecular weight is 340 g/mol. The minimum atomic E-state index is -0.153. The minimum absolute atomic E-state index is 0.00702. The van der Waals surface area contributed by atoms with Crippen LogP contribution >= 0.6 is 0 Å². The first-order chi connectivity index (χ1) is 12.0. The number of anilines is 1. The van der Waals surface area contributed by atoms with Gasteiger partial charge in [-0.3, -0.25) is 4.79 Å². The molecule has 0 fully saturated rings. The van der Waals surface area contributed by atoms with Crippen molar-refractivity contribution in [2.75, 3.05) is 18.9 Å². The number of benzene rings is 2. The second kappa shape index (κ2) is 7.36. The van der Waals surface area contributed by atoms with Crippen LogP contribution in [0.15, 0.2) is 42.5 Å². The molecule has 2 aromatic carbocycles. The molecule has 0 bridgehead atoms. The highest BCUT2D eigenvalue weighted by Crippen LogP contribution is 2.36. The van der Waals surface area contributed by atoms with E-state index in [2.05, 4.69) is 17.3 Å². The van der Waals surface area contributed by atoms with Gasteiger partial charge in [0.25, 0.3) is 0 Å². The number of nitrogens with zero attached hydrogens (tertiary/aromatic N) is 1. The molecule has 1 amide bonds. The van der Waals surface area contributed by atoms with Crippen LogP contribution in [0.4, 0.5) is 10.1 Å². The summed E-state index contributed by atoms with van der Waals surface area (Å²) in [5.41, 5.74) is 3.85. The molecule has 25 heavy (non-hydrogen) atoms. The lowest BCUT2D eigenvalue weighted by Crippen LogP contribution is -2.19. The zero-order chi connectivity index (χ0) is 18.0. The third-order valence-electron chi connectivity index (χ3n) is 4.83. The summed E-state index contributed by atoms with van der Waals surface area (Å²) < 4.78 is 14.4. The fourth-order valence-electron chi connectivity index (χ4n) is 3.40. The molecule has 0 saturated heterocycles. The molecule has 1 heterocycles. The third kappa shape index (κ3) is 3.90. The smallest absolute Gasteiger partial charge is 0.226 e. The van der Waals surface area contributed by atoms with Crippen LogP contribution < -0.4 is 5.32 Å². The highest BCUT2D eigenvalue weighted by Gasteiger charge is 2.24. The van der Waals surface area contributed by atoms with Crippen molar-refractivity contribution in [3.63, 3.8) is 0 Å². The Morgan fingerprint density at radius 3 is 2.68 bits per heavy atom. The van der Waals surface area contributed by atoms with Crippen LogP contribution in [-0.4, -0.2) is 24.4 Å². The predicted octanol–water partition coefficient (Wildman–Crippen LogP) is 4.39. The van der Waals surface area contributed by atoms with Crippen molar-refractivity contribution < 1.29 is 9.18 Å². The van der Waals surface area contributed by atoms with Crippen molar-refractivity contribution in [2.45, 2.75) is 32.7 Å². The van der Waals surface area contributed by atoms with Crippen molar-refractivity contribution in [3.8, 4) is 0 Å². The normalized spacial score (nSPS) is 17.9. The molecule has 1 unspecified atom stereocenters. The van der Waals surface area contributed by atoms with Crippen LogP contribution in [0.2, 0.25) is 0 Å². The topological polar surface area (TPSA) is 32.3 Å². The summed E-state index contributed by atoms with van der Waals surface area (Å²) in [4.78, 5) is 14.2. The van der Waals surface area contributed by atoms with Gasteiger partial charge in [-0.2, -0.15) is 0 Å². The highest BCUT2D eigenvalue weighted by molar-refractivity contribution is 5.92. The highest BCUT2D eigenvalue weighted by atomic mass is 19.1. The van der Waals surface area contributed by atoms with Crippen LogP contribution in [0.25, 0.3) is 0 Å². The largest absolute Gasteiger partial charge is 0.326 e. The summed E-state index contributed by atoms with van der Waals surface area (Å²) in [6.07, 6.45) is 0.877. The summed E-state index contributed by atoms with van der Waals surface area (Å²) in [5, 5.41) is 2.96. The van der Waals surface area contributed by atoms with E-state index in [9.17, 15) is 9.18 Å². The summed E-state index contributed by atoms with van der Waals surface area (Å²) in [5.74, 6) is -0.170. The van der Waals surface area contributed by atoms with Crippen LogP contribution in [0.5, 0.6) is 0 Å². The zero-order valence-electron chi connectivity index (χ0n) is 15.1. The van der Waals surface area contributed by atoms with Gasteiger partial charge < -0.3 is 10.2 Å². The number of hydrogen-bond acceptors (Lipinski definition) is 2. The van der Waals surface area contributed by atoms with Crippen LogP contribution in [-0.2, 0) is 11.3 Å². The Hall–Kier alpha value is -2.20. The summed E-state index contributed by atoms with van der Waals surface area (Å²) in [7, 11) is 2.08. The fourth-order valence-corrected chi connectivity index (χ4v) is 3.40. The van der Waals surface area contributed by atoms with E-state index >= 15 is 0 Å². The molecule has 2 aromatic rings. The third-order valence-corrected chi connectivity index (χ3v) is 4.83. The number of amides is 1. The van der Waals surface area contributed by atoms with E-state index in [4.69, 9.17) is 0 Å². The lowest BCUT2D eigenvalue weighted by Gasteiger charge is -2.19. The monoisotopic (exact) mass is 340 g/mol. The Labute approximate surface area is 148 Å². The average Bonchev–Trinajstić information content (AvgIpc) is 2.73. The molecular weight excluding hydrogens is 315 g/mol. The number of halogens is 1. The van der Waals surface area contributed by atoms with Gasteiger partial charge in [0.2, 0.25) is 5.91 Å². The van der Waals surface area contributed by atoms with Gasteiger partial charge in [0.1, 0.15) is 5.82 Å². The molecule has 132 valence electrons. The van der Waals surface area contributed by atoms with Gasteiger partial charge in [0.05, 0.1) is 0 Å². The second-order valence-electron chi connectivity index (χ2n) is 7.16. The van der Waals surface area contributed by atoms with Gasteiger partial charge in [-0.05, 0) is 54.9 Å². The Balaban J connectivity index is 1.99. The van der Waals surface area contributed by atoms with E-state index in [1.807, 2.05) is 44.2 Å². The molecular formula is C21H25FN2O. The number of rotatable bonds is 3. The Morgan fingerprint density at radius 2 is 1.96 bits per heavy atom. The Bertz CT molecular complexity index is 772. The van der Waals surface area contributed by atoms with Gasteiger partial charge in [-0.1, -0.05) is 38.1 Å². The maximum atomic E-state index is 14.4. The number of carbonyl (C=O) groups excluding carboxylic acids is 1. The molecule has 4 heteroatoms. The van der Waals surface area contributed by atoms with Gasteiger partial charge in [-0.25, -0.2) is 4.39 Å². The van der Waals surface area contributed by atoms with Crippen molar-refractivity contribution >= 4 is 11.6 Å². The number of fused-ring (bicyclic) bond motifs is 1. The SMILES string of the molecule is CC(C)C(=O)Nc1ccc2c(c1)CN(C)CCC2c1ccccc1F. The number of nitrogens with one attached hydrogen (secondary N) is 1. The molecule has 1 aliphatic heterocycles. The molecule has 1 N–H and O–H groups in total. The molecule has 0 radical (unpaired) electrons. The maximum Gasteiger partial charge on any atom is 0.226 e. The molecule has 0 spiro atoms. The molecule has 3 nitrogen and oxygen atoms in total. The predicted molar refractivity (Wildman–Crippen MR) is 99.1 cm³/mol. The molecule has 3 rings (SSSR count). The van der Waals surface area contributed by atoms with Crippen molar-refractivity contribution in [2.24, 2.45) is 5.92 Å². The standard InChI is InChI=1S/C21H25FN2O/c1-14(2)21(25)23-16-8-9-17-15(12-16)13-24(3)11-10-18(17)19-6-4-5-7-20(19)22/h4-9,12,14,18H,10-11,13H2,1-3H3,(H,23,25). The van der Waals surface area contributed by atoms with E-state index < -0.39 is 0 Å². The summed E-state index contributed by atoms with van der Waals surface area (Å²) >= 11 is 0. The lowest BCUT2D eigenvalue weighted by atomic mass is 9.86. The van der Waals surface area contributed by atoms with Gasteiger partial charge in [0.15, 0.2) is 0 Å². The molecule has 0 aliphatic carbocycles. The Morgan fingerprint density at radius 1 is 1.20 bits per heavy atom. The quantitative estimate of drug-likeness (QED) is 0.899. The van der Waals surface area contributed by atoms with E-state index in [0.717, 1.165) is 41.9 Å². The second-order valence-corrected chi connectivity index (χ2v) is 7.16. The van der Waals surface area contributed by atoms with Crippen LogP contribution in [0.1, 0.15) is 42.9 Å². The van der Waals surface area contributed by atoms with Crippen molar-refractivity contribution in [3.05, 3.63) is 65.0 Å². The van der Waals surface area contributed by atoms with Gasteiger partial charge in [-0.15, -0.1) is 0 Å². The van der Waals surface area contributed by atoms with Gasteiger partial charge >= 0.3 is 0 Å². The van der Waals surface area contributed by atoms with E-state index in [1.165, 1.54) is 6.07 Å². The first-order valence-corrected chi connectivity index (χ1v) is 8.82. The molecule has 0 saturated carbocycles. The molecule has 0 aromatic heterocycles. The minimum Gasteiger partial charge on any atom is -0.326 e. The van der Waals surface area contributed by atoms with Crippen LogP contribution in [0, 0.1) is 11.7 Å². The number of hydrogen-bond donors (Lipinski definition) is 1. The summed E-state index contributed by atoms with van der Waals surface area (Å²) in [6.45, 7) is 5.45. The first kappa shape index (κ1) is 17.6. The van der Waals surface area contributed by atoms with E-state index in [0.29, 0.717) is 0 Å². The van der Waals surface area contributed by atoms with Crippen LogP contribution in [0.3, 0.4) is 0 Å². The van der Waals surface area contributed by atoms with E-state index in [-0.39, 0.29) is 23.6 Å². The lowest BCUT2D eigenvalue weighted by molar-refractivity contribution is -0.118. The maximum absolute atomic E-state index is 14.4. The fraction of sp³-hybridized carbons (Fsp3) is 0.381.